The van der Waals surface area contributed by atoms with Crippen molar-refractivity contribution in [2.24, 2.45) is 5.92 Å². The third kappa shape index (κ3) is 4.96. The maximum atomic E-state index is 6.00. The molecule has 0 saturated carbocycles. The smallest absolute Gasteiger partial charge is 0.0665 e. The number of benzene rings is 1. The molecular weight excluding hydrogens is 234 g/mol. The third-order valence-electron chi connectivity index (χ3n) is 3.72. The van der Waals surface area contributed by atoms with Crippen molar-refractivity contribution in [1.82, 2.24) is 5.32 Å². The Morgan fingerprint density at radius 1 is 1.16 bits per heavy atom. The van der Waals surface area contributed by atoms with Crippen LogP contribution in [0, 0.1) is 19.8 Å². The van der Waals surface area contributed by atoms with E-state index in [2.05, 4.69) is 65.1 Å². The molecule has 2 nitrogen and oxygen atoms in total. The predicted octanol–water partition coefficient (Wildman–Crippen LogP) is 4.02. The monoisotopic (exact) mass is 263 g/mol. The fourth-order valence-corrected chi connectivity index (χ4v) is 2.16. The summed E-state index contributed by atoms with van der Waals surface area (Å²) in [7, 11) is 0. The molecule has 0 heterocycles. The summed E-state index contributed by atoms with van der Waals surface area (Å²) in [6, 6.07) is 6.93. The number of ether oxygens (including phenoxy) is 1. The van der Waals surface area contributed by atoms with Gasteiger partial charge < -0.3 is 10.1 Å². The van der Waals surface area contributed by atoms with Crippen molar-refractivity contribution in [3.05, 3.63) is 34.9 Å². The summed E-state index contributed by atoms with van der Waals surface area (Å²) < 4.78 is 6.00. The summed E-state index contributed by atoms with van der Waals surface area (Å²) in [5, 5.41) is 3.53. The van der Waals surface area contributed by atoms with Gasteiger partial charge in [-0.3, -0.25) is 0 Å². The molecule has 1 N–H and O–H groups in total. The Labute approximate surface area is 118 Å². The first kappa shape index (κ1) is 16.2. The van der Waals surface area contributed by atoms with E-state index in [1.165, 1.54) is 16.7 Å². The number of aryl methyl sites for hydroxylation is 2. The van der Waals surface area contributed by atoms with Crippen LogP contribution in [-0.2, 0) is 4.74 Å². The second-order valence-corrected chi connectivity index (χ2v) is 5.75. The zero-order chi connectivity index (χ0) is 14.4. The maximum absolute atomic E-state index is 6.00. The molecule has 1 aromatic rings. The minimum Gasteiger partial charge on any atom is -0.376 e. The first-order valence-electron chi connectivity index (χ1n) is 7.37. The van der Waals surface area contributed by atoms with E-state index >= 15 is 0 Å². The summed E-state index contributed by atoms with van der Waals surface area (Å²) in [6.07, 6.45) is 0.298. The summed E-state index contributed by atoms with van der Waals surface area (Å²) in [4.78, 5) is 0. The van der Waals surface area contributed by atoms with E-state index in [4.69, 9.17) is 4.74 Å². The van der Waals surface area contributed by atoms with E-state index in [0.29, 0.717) is 12.0 Å². The van der Waals surface area contributed by atoms with Crippen LogP contribution in [0.5, 0.6) is 0 Å². The molecule has 0 spiro atoms. The summed E-state index contributed by atoms with van der Waals surface area (Å²) in [5.74, 6) is 0.557. The summed E-state index contributed by atoms with van der Waals surface area (Å²) >= 11 is 0. The molecule has 0 fully saturated rings. The molecule has 0 amide bonds. The molecule has 0 aliphatic heterocycles. The molecule has 19 heavy (non-hydrogen) atoms. The highest BCUT2D eigenvalue weighted by atomic mass is 16.5. The molecule has 0 aliphatic carbocycles. The second-order valence-electron chi connectivity index (χ2n) is 5.75. The van der Waals surface area contributed by atoms with Gasteiger partial charge in [0.2, 0.25) is 0 Å². The molecule has 1 rings (SSSR count). The minimum atomic E-state index is 0.284. The first-order chi connectivity index (χ1) is 8.95. The molecule has 2 unspecified atom stereocenters. The molecule has 1 aromatic carbocycles. The number of likely N-dealkylation sites (N-methyl/N-ethyl adjacent to an activating group) is 1. The van der Waals surface area contributed by atoms with Gasteiger partial charge in [-0.1, -0.05) is 44.5 Å². The van der Waals surface area contributed by atoms with E-state index in [0.717, 1.165) is 13.2 Å². The van der Waals surface area contributed by atoms with E-state index in [9.17, 15) is 0 Å². The Hall–Kier alpha value is -0.860. The lowest BCUT2D eigenvalue weighted by Crippen LogP contribution is -2.29. The quantitative estimate of drug-likeness (QED) is 0.802. The molecule has 0 bridgehead atoms. The normalized spacial score (nSPS) is 14.7. The molecular formula is C17H29NO. The SMILES string of the molecule is CCNC(COC(C)C(C)C)c1ccc(C)cc1C. The van der Waals surface area contributed by atoms with E-state index in [1.807, 2.05) is 0 Å². The molecule has 0 aromatic heterocycles. The fourth-order valence-electron chi connectivity index (χ4n) is 2.16. The lowest BCUT2D eigenvalue weighted by molar-refractivity contribution is 0.0219. The molecule has 0 aliphatic rings. The highest BCUT2D eigenvalue weighted by Crippen LogP contribution is 2.20. The van der Waals surface area contributed by atoms with Gasteiger partial charge in [-0.25, -0.2) is 0 Å². The Morgan fingerprint density at radius 3 is 2.37 bits per heavy atom. The van der Waals surface area contributed by atoms with Gasteiger partial charge in [0.25, 0.3) is 0 Å². The van der Waals surface area contributed by atoms with Crippen LogP contribution in [-0.4, -0.2) is 19.3 Å². The third-order valence-corrected chi connectivity index (χ3v) is 3.72. The Kier molecular flexibility index (Phi) is 6.53. The second kappa shape index (κ2) is 7.66. The summed E-state index contributed by atoms with van der Waals surface area (Å²) in [6.45, 7) is 14.7. The Balaban J connectivity index is 2.76. The minimum absolute atomic E-state index is 0.284. The fraction of sp³-hybridized carbons (Fsp3) is 0.647. The van der Waals surface area contributed by atoms with Crippen LogP contribution >= 0.6 is 0 Å². The Bertz CT molecular complexity index is 387. The number of hydrogen-bond donors (Lipinski definition) is 1. The average molecular weight is 263 g/mol. The van der Waals surface area contributed by atoms with E-state index in [-0.39, 0.29) is 6.04 Å². The van der Waals surface area contributed by atoms with Crippen LogP contribution in [0.2, 0.25) is 0 Å². The first-order valence-corrected chi connectivity index (χ1v) is 7.37. The van der Waals surface area contributed by atoms with Crippen molar-refractivity contribution in [3.63, 3.8) is 0 Å². The Morgan fingerprint density at radius 2 is 1.84 bits per heavy atom. The molecule has 2 atom stereocenters. The van der Waals surface area contributed by atoms with Crippen LogP contribution in [0.4, 0.5) is 0 Å². The van der Waals surface area contributed by atoms with Crippen molar-refractivity contribution in [1.29, 1.82) is 0 Å². The van der Waals surface area contributed by atoms with Crippen LogP contribution < -0.4 is 5.32 Å². The van der Waals surface area contributed by atoms with Crippen LogP contribution in [0.25, 0.3) is 0 Å². The van der Waals surface area contributed by atoms with Gasteiger partial charge in [-0.05, 0) is 44.4 Å². The number of hydrogen-bond acceptors (Lipinski definition) is 2. The topological polar surface area (TPSA) is 21.3 Å². The largest absolute Gasteiger partial charge is 0.376 e. The zero-order valence-electron chi connectivity index (χ0n) is 13.3. The maximum Gasteiger partial charge on any atom is 0.0665 e. The molecule has 108 valence electrons. The molecule has 2 heteroatoms. The van der Waals surface area contributed by atoms with Crippen LogP contribution in [0.3, 0.4) is 0 Å². The van der Waals surface area contributed by atoms with Crippen LogP contribution in [0.15, 0.2) is 18.2 Å². The molecule has 0 radical (unpaired) electrons. The zero-order valence-corrected chi connectivity index (χ0v) is 13.3. The number of nitrogens with one attached hydrogen (secondary N) is 1. The van der Waals surface area contributed by atoms with E-state index in [1.54, 1.807) is 0 Å². The van der Waals surface area contributed by atoms with Gasteiger partial charge in [0, 0.05) is 0 Å². The van der Waals surface area contributed by atoms with E-state index < -0.39 is 0 Å². The standard InChI is InChI=1S/C17H29NO/c1-7-18-17(11-19-15(6)12(2)3)16-9-8-13(4)10-14(16)5/h8-10,12,15,17-18H,7,11H2,1-6H3. The molecule has 0 saturated heterocycles. The van der Waals surface area contributed by atoms with Gasteiger partial charge in [-0.15, -0.1) is 0 Å². The van der Waals surface area contributed by atoms with Gasteiger partial charge in [-0.2, -0.15) is 0 Å². The van der Waals surface area contributed by atoms with Crippen molar-refractivity contribution in [2.75, 3.05) is 13.2 Å². The van der Waals surface area contributed by atoms with Gasteiger partial charge in [0.05, 0.1) is 18.8 Å². The highest BCUT2D eigenvalue weighted by Gasteiger charge is 2.15. The lowest BCUT2D eigenvalue weighted by atomic mass is 9.99. The van der Waals surface area contributed by atoms with Crippen molar-refractivity contribution >= 4 is 0 Å². The average Bonchev–Trinajstić information content (AvgIpc) is 2.34. The van der Waals surface area contributed by atoms with Crippen molar-refractivity contribution in [2.45, 2.75) is 53.7 Å². The summed E-state index contributed by atoms with van der Waals surface area (Å²) in [5.41, 5.74) is 4.00. The van der Waals surface area contributed by atoms with Crippen LogP contribution in [0.1, 0.15) is 50.4 Å². The number of rotatable bonds is 7. The lowest BCUT2D eigenvalue weighted by Gasteiger charge is -2.24. The van der Waals surface area contributed by atoms with Gasteiger partial charge in [0.1, 0.15) is 0 Å². The van der Waals surface area contributed by atoms with Crippen molar-refractivity contribution in [3.8, 4) is 0 Å². The van der Waals surface area contributed by atoms with Gasteiger partial charge in [0.15, 0.2) is 0 Å². The predicted molar refractivity (Wildman–Crippen MR) is 82.6 cm³/mol. The highest BCUT2D eigenvalue weighted by molar-refractivity contribution is 5.32. The van der Waals surface area contributed by atoms with Gasteiger partial charge >= 0.3 is 0 Å². The van der Waals surface area contributed by atoms with Crippen molar-refractivity contribution < 1.29 is 4.74 Å².